The molecule has 1 aliphatic heterocycles. The van der Waals surface area contributed by atoms with Gasteiger partial charge in [0.05, 0.1) is 28.3 Å². The van der Waals surface area contributed by atoms with Crippen LogP contribution in [0.1, 0.15) is 26.7 Å². The zero-order chi connectivity index (χ0) is 18.5. The number of nitrogens with zero attached hydrogens (tertiary/aromatic N) is 2. The Balaban J connectivity index is 1.57. The van der Waals surface area contributed by atoms with Crippen molar-refractivity contribution in [2.24, 2.45) is 5.92 Å². The quantitative estimate of drug-likeness (QED) is 0.594. The number of esters is 1. The van der Waals surface area contributed by atoms with Gasteiger partial charge in [0.25, 0.3) is 0 Å². The molecule has 1 amide bonds. The Hall–Kier alpha value is -2.08. The van der Waals surface area contributed by atoms with Crippen molar-refractivity contribution >= 4 is 34.5 Å². The molecule has 1 aromatic heterocycles. The summed E-state index contributed by atoms with van der Waals surface area (Å²) in [4.78, 5) is 31.0. The second kappa shape index (κ2) is 8.54. The van der Waals surface area contributed by atoms with Gasteiger partial charge in [-0.3, -0.25) is 9.59 Å². The molecule has 0 bridgehead atoms. The van der Waals surface area contributed by atoms with Gasteiger partial charge in [-0.1, -0.05) is 36.0 Å². The minimum atomic E-state index is -0.206. The molecule has 1 aromatic carbocycles. The monoisotopic (exact) mass is 372 g/mol. The van der Waals surface area contributed by atoms with Crippen molar-refractivity contribution < 1.29 is 14.3 Å². The highest BCUT2D eigenvalue weighted by Gasteiger charge is 2.30. The summed E-state index contributed by atoms with van der Waals surface area (Å²) in [6.45, 7) is 5.36. The van der Waals surface area contributed by atoms with E-state index in [1.54, 1.807) is 0 Å². The third kappa shape index (κ3) is 4.36. The highest BCUT2D eigenvalue weighted by molar-refractivity contribution is 8.00. The summed E-state index contributed by atoms with van der Waals surface area (Å²) in [5.74, 6) is -0.112. The maximum Gasteiger partial charge on any atom is 0.309 e. The van der Waals surface area contributed by atoms with Crippen LogP contribution in [-0.2, 0) is 14.3 Å². The third-order valence-electron chi connectivity index (χ3n) is 4.64. The van der Waals surface area contributed by atoms with E-state index in [1.165, 1.54) is 11.8 Å². The van der Waals surface area contributed by atoms with Gasteiger partial charge in [-0.25, -0.2) is 4.98 Å². The molecule has 138 valence electrons. The number of likely N-dealkylation sites (tertiary alicyclic amines) is 1. The molecule has 6 heteroatoms. The summed E-state index contributed by atoms with van der Waals surface area (Å²) in [5, 5.41) is 1.74. The number of benzene rings is 1. The average molecular weight is 372 g/mol. The summed E-state index contributed by atoms with van der Waals surface area (Å²) in [5.41, 5.74) is 0.937. The molecule has 2 heterocycles. The van der Waals surface area contributed by atoms with Crippen LogP contribution < -0.4 is 0 Å². The highest BCUT2D eigenvalue weighted by atomic mass is 32.2. The van der Waals surface area contributed by atoms with E-state index in [9.17, 15) is 9.59 Å². The van der Waals surface area contributed by atoms with E-state index in [-0.39, 0.29) is 23.0 Å². The lowest BCUT2D eigenvalue weighted by Gasteiger charge is -2.32. The molecule has 1 fully saturated rings. The molecule has 3 rings (SSSR count). The number of carbonyl (C=O) groups excluding carboxylic acids is 2. The molecule has 5 nitrogen and oxygen atoms in total. The first-order chi connectivity index (χ1) is 12.6. The van der Waals surface area contributed by atoms with E-state index < -0.39 is 0 Å². The standard InChI is InChI=1S/C20H24N2O3S/c1-3-25-20(24)16-10-12-22(13-11-16)19(23)14(2)26-18-9-8-15-6-4-5-7-17(15)21-18/h4-9,14,16H,3,10-13H2,1-2H3/t14-/m1/s1. The number of carbonyl (C=O) groups is 2. The van der Waals surface area contributed by atoms with E-state index in [0.29, 0.717) is 32.5 Å². The molecule has 1 atom stereocenters. The highest BCUT2D eigenvalue weighted by Crippen LogP contribution is 2.27. The first-order valence-electron chi connectivity index (χ1n) is 9.06. The molecule has 0 N–H and O–H groups in total. The van der Waals surface area contributed by atoms with E-state index in [1.807, 2.05) is 55.1 Å². The maximum atomic E-state index is 12.7. The Morgan fingerprint density at radius 1 is 1.23 bits per heavy atom. The first-order valence-corrected chi connectivity index (χ1v) is 9.94. The Bertz CT molecular complexity index is 787. The normalized spacial score (nSPS) is 16.5. The molecule has 26 heavy (non-hydrogen) atoms. The second-order valence-electron chi connectivity index (χ2n) is 6.45. The number of ether oxygens (including phenoxy) is 1. The number of amides is 1. The van der Waals surface area contributed by atoms with Crippen molar-refractivity contribution in [3.8, 4) is 0 Å². The second-order valence-corrected chi connectivity index (χ2v) is 7.81. The Labute approximate surface area is 158 Å². The minimum absolute atomic E-state index is 0.0795. The minimum Gasteiger partial charge on any atom is -0.466 e. The fourth-order valence-electron chi connectivity index (χ4n) is 3.20. The zero-order valence-electron chi connectivity index (χ0n) is 15.2. The molecule has 0 saturated carbocycles. The van der Waals surface area contributed by atoms with Crippen molar-refractivity contribution in [1.82, 2.24) is 9.88 Å². The van der Waals surface area contributed by atoms with E-state index in [0.717, 1.165) is 15.9 Å². The number of hydrogen-bond donors (Lipinski definition) is 0. The predicted molar refractivity (Wildman–Crippen MR) is 103 cm³/mol. The zero-order valence-corrected chi connectivity index (χ0v) is 16.0. The fraction of sp³-hybridized carbons (Fsp3) is 0.450. The molecule has 1 saturated heterocycles. The third-order valence-corrected chi connectivity index (χ3v) is 5.67. The molecule has 0 unspecified atom stereocenters. The summed E-state index contributed by atoms with van der Waals surface area (Å²) >= 11 is 1.48. The first kappa shape index (κ1) is 18.7. The molecule has 0 spiro atoms. The van der Waals surface area contributed by atoms with Gasteiger partial charge in [0.2, 0.25) is 5.91 Å². The molecular formula is C20H24N2O3S. The number of fused-ring (bicyclic) bond motifs is 1. The number of pyridine rings is 1. The van der Waals surface area contributed by atoms with Gasteiger partial charge in [-0.15, -0.1) is 0 Å². The van der Waals surface area contributed by atoms with Crippen LogP contribution >= 0.6 is 11.8 Å². The molecular weight excluding hydrogens is 348 g/mol. The molecule has 1 aliphatic rings. The van der Waals surface area contributed by atoms with Crippen LogP contribution in [0.3, 0.4) is 0 Å². The van der Waals surface area contributed by atoms with Crippen LogP contribution in [0, 0.1) is 5.92 Å². The van der Waals surface area contributed by atoms with Crippen molar-refractivity contribution in [3.63, 3.8) is 0 Å². The number of aromatic nitrogens is 1. The number of piperidine rings is 1. The van der Waals surface area contributed by atoms with Gasteiger partial charge < -0.3 is 9.64 Å². The van der Waals surface area contributed by atoms with Crippen molar-refractivity contribution in [2.45, 2.75) is 37.0 Å². The summed E-state index contributed by atoms with van der Waals surface area (Å²) < 4.78 is 5.08. The van der Waals surface area contributed by atoms with Crippen molar-refractivity contribution in [2.75, 3.05) is 19.7 Å². The fourth-order valence-corrected chi connectivity index (χ4v) is 4.11. The summed E-state index contributed by atoms with van der Waals surface area (Å²) in [7, 11) is 0. The van der Waals surface area contributed by atoms with Crippen LogP contribution in [0.15, 0.2) is 41.4 Å². The number of hydrogen-bond acceptors (Lipinski definition) is 5. The predicted octanol–water partition coefficient (Wildman–Crippen LogP) is 3.52. The Kier molecular flexibility index (Phi) is 6.14. The van der Waals surface area contributed by atoms with E-state index >= 15 is 0 Å². The van der Waals surface area contributed by atoms with Gasteiger partial charge in [-0.05, 0) is 38.8 Å². The van der Waals surface area contributed by atoms with Gasteiger partial charge >= 0.3 is 5.97 Å². The van der Waals surface area contributed by atoms with Crippen LogP contribution in [0.25, 0.3) is 10.9 Å². The van der Waals surface area contributed by atoms with Crippen LogP contribution in [-0.4, -0.2) is 46.7 Å². The van der Waals surface area contributed by atoms with Gasteiger partial charge in [-0.2, -0.15) is 0 Å². The number of rotatable bonds is 5. The topological polar surface area (TPSA) is 59.5 Å². The van der Waals surface area contributed by atoms with E-state index in [2.05, 4.69) is 4.98 Å². The molecule has 0 aliphatic carbocycles. The largest absolute Gasteiger partial charge is 0.466 e. The lowest BCUT2D eigenvalue weighted by atomic mass is 9.97. The summed E-state index contributed by atoms with van der Waals surface area (Å²) in [6, 6.07) is 12.0. The van der Waals surface area contributed by atoms with Crippen LogP contribution in [0.4, 0.5) is 0 Å². The number of para-hydroxylation sites is 1. The smallest absolute Gasteiger partial charge is 0.309 e. The Morgan fingerprint density at radius 3 is 2.69 bits per heavy atom. The lowest BCUT2D eigenvalue weighted by molar-refractivity contribution is -0.151. The van der Waals surface area contributed by atoms with Crippen molar-refractivity contribution in [3.05, 3.63) is 36.4 Å². The summed E-state index contributed by atoms with van der Waals surface area (Å²) in [6.07, 6.45) is 1.35. The lowest BCUT2D eigenvalue weighted by Crippen LogP contribution is -2.43. The van der Waals surface area contributed by atoms with Gasteiger partial charge in [0.1, 0.15) is 0 Å². The van der Waals surface area contributed by atoms with Crippen LogP contribution in [0.5, 0.6) is 0 Å². The van der Waals surface area contributed by atoms with Crippen molar-refractivity contribution in [1.29, 1.82) is 0 Å². The van der Waals surface area contributed by atoms with Gasteiger partial charge in [0, 0.05) is 18.5 Å². The average Bonchev–Trinajstić information content (AvgIpc) is 2.67. The maximum absolute atomic E-state index is 12.7. The molecule has 2 aromatic rings. The van der Waals surface area contributed by atoms with Crippen LogP contribution in [0.2, 0.25) is 0 Å². The molecule has 0 radical (unpaired) electrons. The van der Waals surface area contributed by atoms with Gasteiger partial charge in [0.15, 0.2) is 0 Å². The SMILES string of the molecule is CCOC(=O)C1CCN(C(=O)[C@@H](C)Sc2ccc3ccccc3n2)CC1. The van der Waals surface area contributed by atoms with E-state index in [4.69, 9.17) is 4.74 Å². The number of thioether (sulfide) groups is 1. The Morgan fingerprint density at radius 2 is 1.96 bits per heavy atom.